The van der Waals surface area contributed by atoms with Crippen LogP contribution in [0, 0.1) is 5.82 Å². The Bertz CT molecular complexity index is 550. The number of nitrogens with one attached hydrogen (secondary N) is 1. The van der Waals surface area contributed by atoms with E-state index >= 15 is 0 Å². The lowest BCUT2D eigenvalue weighted by atomic mass is 10.3. The van der Waals surface area contributed by atoms with Gasteiger partial charge in [-0.2, -0.15) is 4.31 Å². The van der Waals surface area contributed by atoms with Crippen molar-refractivity contribution >= 4 is 21.6 Å². The van der Waals surface area contributed by atoms with Crippen LogP contribution in [0.15, 0.2) is 23.1 Å². The molecule has 0 bridgehead atoms. The number of halogens is 2. The Morgan fingerprint density at radius 3 is 2.89 bits per heavy atom. The van der Waals surface area contributed by atoms with Gasteiger partial charge < -0.3 is 5.32 Å². The summed E-state index contributed by atoms with van der Waals surface area (Å²) in [5.74, 6) is -0.773. The summed E-state index contributed by atoms with van der Waals surface area (Å²) in [6.07, 6.45) is 0. The second-order valence-electron chi connectivity index (χ2n) is 4.29. The van der Waals surface area contributed by atoms with Crippen molar-refractivity contribution in [3.05, 3.63) is 29.0 Å². The molecule has 1 aliphatic rings. The Hall–Kier alpha value is -0.690. The van der Waals surface area contributed by atoms with Gasteiger partial charge in [-0.25, -0.2) is 12.8 Å². The highest BCUT2D eigenvalue weighted by Crippen LogP contribution is 2.23. The molecule has 1 unspecified atom stereocenters. The van der Waals surface area contributed by atoms with Crippen LogP contribution in [0.1, 0.15) is 6.92 Å². The van der Waals surface area contributed by atoms with Crippen molar-refractivity contribution in [3.63, 3.8) is 0 Å². The van der Waals surface area contributed by atoms with Gasteiger partial charge in [0.2, 0.25) is 10.0 Å². The van der Waals surface area contributed by atoms with Crippen LogP contribution < -0.4 is 5.32 Å². The van der Waals surface area contributed by atoms with Crippen LogP contribution >= 0.6 is 11.6 Å². The van der Waals surface area contributed by atoms with E-state index in [0.717, 1.165) is 12.1 Å². The summed E-state index contributed by atoms with van der Waals surface area (Å²) in [7, 11) is -3.81. The van der Waals surface area contributed by atoms with Gasteiger partial charge in [-0.1, -0.05) is 11.6 Å². The monoisotopic (exact) mass is 292 g/mol. The van der Waals surface area contributed by atoms with E-state index in [-0.39, 0.29) is 16.0 Å². The number of rotatable bonds is 2. The van der Waals surface area contributed by atoms with Crippen LogP contribution in [0.2, 0.25) is 5.02 Å². The first kappa shape index (κ1) is 13.7. The minimum atomic E-state index is -3.81. The molecule has 1 fully saturated rings. The largest absolute Gasteiger partial charge is 0.312 e. The van der Waals surface area contributed by atoms with Gasteiger partial charge in [-0.05, 0) is 25.1 Å². The van der Waals surface area contributed by atoms with E-state index in [0.29, 0.717) is 19.6 Å². The lowest BCUT2D eigenvalue weighted by Crippen LogP contribution is -2.51. The van der Waals surface area contributed by atoms with Gasteiger partial charge in [0.1, 0.15) is 10.7 Å². The summed E-state index contributed by atoms with van der Waals surface area (Å²) >= 11 is 5.73. The zero-order valence-corrected chi connectivity index (χ0v) is 11.4. The molecule has 2 rings (SSSR count). The second-order valence-corrected chi connectivity index (χ2v) is 6.64. The third kappa shape index (κ3) is 2.66. The van der Waals surface area contributed by atoms with E-state index in [9.17, 15) is 12.8 Å². The predicted octanol–water partition coefficient (Wildman–Crippen LogP) is 1.46. The first-order valence-electron chi connectivity index (χ1n) is 5.60. The van der Waals surface area contributed by atoms with E-state index in [4.69, 9.17) is 11.6 Å². The molecule has 0 aliphatic carbocycles. The number of nitrogens with zero attached hydrogens (tertiary/aromatic N) is 1. The fourth-order valence-corrected chi connectivity index (χ4v) is 3.79. The quantitative estimate of drug-likeness (QED) is 0.898. The lowest BCUT2D eigenvalue weighted by molar-refractivity contribution is 0.309. The molecule has 1 saturated heterocycles. The number of piperazine rings is 1. The van der Waals surface area contributed by atoms with Gasteiger partial charge in [-0.15, -0.1) is 0 Å². The molecule has 0 amide bonds. The zero-order valence-electron chi connectivity index (χ0n) is 9.86. The van der Waals surface area contributed by atoms with Gasteiger partial charge >= 0.3 is 0 Å². The third-order valence-electron chi connectivity index (χ3n) is 2.84. The molecule has 100 valence electrons. The fourth-order valence-electron chi connectivity index (χ4n) is 1.93. The van der Waals surface area contributed by atoms with Crippen molar-refractivity contribution in [1.82, 2.24) is 9.62 Å². The van der Waals surface area contributed by atoms with Gasteiger partial charge in [0.05, 0.1) is 0 Å². The molecule has 4 nitrogen and oxygen atoms in total. The highest BCUT2D eigenvalue weighted by molar-refractivity contribution is 7.89. The Morgan fingerprint density at radius 2 is 2.22 bits per heavy atom. The summed E-state index contributed by atoms with van der Waals surface area (Å²) < 4.78 is 39.5. The molecule has 1 heterocycles. The molecule has 1 atom stereocenters. The standard InChI is InChI=1S/C11H14ClFN2O2S/c1-8-7-15(5-4-14-8)18(16,17)11-6-9(12)2-3-10(11)13/h2-3,6,8,14H,4-5,7H2,1H3. The van der Waals surface area contributed by atoms with E-state index in [1.165, 1.54) is 10.4 Å². The maximum Gasteiger partial charge on any atom is 0.246 e. The van der Waals surface area contributed by atoms with E-state index in [1.54, 1.807) is 0 Å². The molecule has 0 spiro atoms. The molecule has 1 aliphatic heterocycles. The van der Waals surface area contributed by atoms with Crippen molar-refractivity contribution in [2.24, 2.45) is 0 Å². The van der Waals surface area contributed by atoms with Crippen LogP contribution in [0.4, 0.5) is 4.39 Å². The highest BCUT2D eigenvalue weighted by Gasteiger charge is 2.30. The number of benzene rings is 1. The average Bonchev–Trinajstić information content (AvgIpc) is 2.32. The molecular weight excluding hydrogens is 279 g/mol. The summed E-state index contributed by atoms with van der Waals surface area (Å²) in [5.41, 5.74) is 0. The molecule has 0 saturated carbocycles. The smallest absolute Gasteiger partial charge is 0.246 e. The zero-order chi connectivity index (χ0) is 13.3. The number of hydrogen-bond donors (Lipinski definition) is 1. The van der Waals surface area contributed by atoms with Crippen molar-refractivity contribution in [2.45, 2.75) is 17.9 Å². The lowest BCUT2D eigenvalue weighted by Gasteiger charge is -2.31. The van der Waals surface area contributed by atoms with Crippen LogP contribution in [0.25, 0.3) is 0 Å². The van der Waals surface area contributed by atoms with Crippen LogP contribution in [0.3, 0.4) is 0 Å². The number of sulfonamides is 1. The summed E-state index contributed by atoms with van der Waals surface area (Å²) in [6, 6.07) is 3.60. The summed E-state index contributed by atoms with van der Waals surface area (Å²) in [4.78, 5) is -0.357. The van der Waals surface area contributed by atoms with Crippen LogP contribution in [-0.4, -0.2) is 38.4 Å². The van der Waals surface area contributed by atoms with Gasteiger partial charge in [0, 0.05) is 30.7 Å². The third-order valence-corrected chi connectivity index (χ3v) is 4.96. The molecule has 0 aromatic heterocycles. The Balaban J connectivity index is 2.38. The normalized spacial score (nSPS) is 22.1. The molecule has 7 heteroatoms. The van der Waals surface area contributed by atoms with E-state index < -0.39 is 15.8 Å². The molecule has 1 N–H and O–H groups in total. The maximum atomic E-state index is 13.6. The van der Waals surface area contributed by atoms with Crippen LogP contribution in [-0.2, 0) is 10.0 Å². The number of hydrogen-bond acceptors (Lipinski definition) is 3. The first-order chi connectivity index (χ1) is 8.41. The van der Waals surface area contributed by atoms with Crippen molar-refractivity contribution in [2.75, 3.05) is 19.6 Å². The minimum absolute atomic E-state index is 0.0516. The minimum Gasteiger partial charge on any atom is -0.312 e. The highest BCUT2D eigenvalue weighted by atomic mass is 35.5. The molecule has 1 aromatic carbocycles. The Morgan fingerprint density at radius 1 is 1.50 bits per heavy atom. The average molecular weight is 293 g/mol. The van der Waals surface area contributed by atoms with Crippen molar-refractivity contribution in [1.29, 1.82) is 0 Å². The summed E-state index contributed by atoms with van der Waals surface area (Å²) in [6.45, 7) is 3.10. The van der Waals surface area contributed by atoms with Crippen LogP contribution in [0.5, 0.6) is 0 Å². The maximum absolute atomic E-state index is 13.6. The topological polar surface area (TPSA) is 49.4 Å². The molecule has 0 radical (unpaired) electrons. The SMILES string of the molecule is CC1CN(S(=O)(=O)c2cc(Cl)ccc2F)CCN1. The van der Waals surface area contributed by atoms with Crippen molar-refractivity contribution in [3.8, 4) is 0 Å². The van der Waals surface area contributed by atoms with Crippen molar-refractivity contribution < 1.29 is 12.8 Å². The fraction of sp³-hybridized carbons (Fsp3) is 0.455. The summed E-state index contributed by atoms with van der Waals surface area (Å²) in [5, 5.41) is 3.34. The second kappa shape index (κ2) is 5.13. The van der Waals surface area contributed by atoms with E-state index in [1.807, 2.05) is 6.92 Å². The first-order valence-corrected chi connectivity index (χ1v) is 7.41. The van der Waals surface area contributed by atoms with Gasteiger partial charge in [-0.3, -0.25) is 0 Å². The Labute approximate surface area is 111 Å². The molecular formula is C11H14ClFN2O2S. The van der Waals surface area contributed by atoms with Gasteiger partial charge in [0.25, 0.3) is 0 Å². The van der Waals surface area contributed by atoms with E-state index in [2.05, 4.69) is 5.32 Å². The van der Waals surface area contributed by atoms with Gasteiger partial charge in [0.15, 0.2) is 0 Å². The predicted molar refractivity (Wildman–Crippen MR) is 67.6 cm³/mol. The molecule has 1 aromatic rings. The molecule has 18 heavy (non-hydrogen) atoms. The Kier molecular flexibility index (Phi) is 3.91.